The Balaban J connectivity index is 2.26. The Hall–Kier alpha value is -1.16. The monoisotopic (exact) mass is 165 g/mol. The highest BCUT2D eigenvalue weighted by atomic mass is 16.3. The van der Waals surface area contributed by atoms with Crippen LogP contribution < -0.4 is 5.32 Å². The van der Waals surface area contributed by atoms with Crippen LogP contribution in [0.15, 0.2) is 12.5 Å². The Bertz CT molecular complexity index is 271. The van der Waals surface area contributed by atoms with Crippen molar-refractivity contribution < 1.29 is 5.11 Å². The third-order valence-electron chi connectivity index (χ3n) is 2.17. The SMILES string of the molecule is Oc1cncnc1C1CCNC1. The molecular formula is C8H11N3O. The van der Waals surface area contributed by atoms with Crippen LogP contribution in [0.4, 0.5) is 0 Å². The fraction of sp³-hybridized carbons (Fsp3) is 0.500. The number of hydrogen-bond donors (Lipinski definition) is 2. The van der Waals surface area contributed by atoms with Gasteiger partial charge in [-0.3, -0.25) is 0 Å². The van der Waals surface area contributed by atoms with E-state index in [0.29, 0.717) is 5.92 Å². The summed E-state index contributed by atoms with van der Waals surface area (Å²) in [6, 6.07) is 0. The van der Waals surface area contributed by atoms with Crippen LogP contribution in [0.2, 0.25) is 0 Å². The molecule has 1 atom stereocenters. The molecule has 2 heterocycles. The normalized spacial score (nSPS) is 22.8. The number of hydrogen-bond acceptors (Lipinski definition) is 4. The van der Waals surface area contributed by atoms with Crippen LogP contribution in [0.5, 0.6) is 5.75 Å². The number of rotatable bonds is 1. The molecule has 0 aliphatic carbocycles. The molecule has 4 heteroatoms. The molecule has 0 spiro atoms. The van der Waals surface area contributed by atoms with Gasteiger partial charge in [-0.1, -0.05) is 0 Å². The van der Waals surface area contributed by atoms with Crippen LogP contribution in [-0.4, -0.2) is 28.2 Å². The van der Waals surface area contributed by atoms with Crippen molar-refractivity contribution in [2.24, 2.45) is 0 Å². The minimum atomic E-state index is 0.214. The molecule has 2 N–H and O–H groups in total. The lowest BCUT2D eigenvalue weighted by Crippen LogP contribution is -2.09. The number of aromatic hydroxyl groups is 1. The first-order valence-corrected chi connectivity index (χ1v) is 4.07. The van der Waals surface area contributed by atoms with Crippen molar-refractivity contribution >= 4 is 0 Å². The Morgan fingerprint density at radius 2 is 2.50 bits per heavy atom. The highest BCUT2D eigenvalue weighted by Gasteiger charge is 2.20. The maximum atomic E-state index is 9.42. The van der Waals surface area contributed by atoms with E-state index in [1.807, 2.05) is 0 Å². The van der Waals surface area contributed by atoms with Crippen molar-refractivity contribution in [2.75, 3.05) is 13.1 Å². The van der Waals surface area contributed by atoms with Gasteiger partial charge in [0.1, 0.15) is 6.33 Å². The number of aromatic nitrogens is 2. The van der Waals surface area contributed by atoms with Gasteiger partial charge in [0, 0.05) is 12.5 Å². The van der Waals surface area contributed by atoms with Gasteiger partial charge >= 0.3 is 0 Å². The molecule has 1 aliphatic rings. The van der Waals surface area contributed by atoms with E-state index in [1.54, 1.807) is 0 Å². The van der Waals surface area contributed by atoms with E-state index in [1.165, 1.54) is 12.5 Å². The first kappa shape index (κ1) is 7.49. The maximum absolute atomic E-state index is 9.42. The minimum absolute atomic E-state index is 0.214. The largest absolute Gasteiger partial charge is 0.504 e. The molecule has 1 fully saturated rings. The van der Waals surface area contributed by atoms with Crippen LogP contribution in [0.1, 0.15) is 18.0 Å². The molecule has 12 heavy (non-hydrogen) atoms. The summed E-state index contributed by atoms with van der Waals surface area (Å²) >= 11 is 0. The first-order valence-electron chi connectivity index (χ1n) is 4.07. The van der Waals surface area contributed by atoms with Gasteiger partial charge in [0.15, 0.2) is 5.75 Å². The van der Waals surface area contributed by atoms with Crippen molar-refractivity contribution in [1.82, 2.24) is 15.3 Å². The predicted octanol–water partition coefficient (Wildman–Crippen LogP) is 0.259. The third-order valence-corrected chi connectivity index (χ3v) is 2.17. The maximum Gasteiger partial charge on any atom is 0.155 e. The Labute approximate surface area is 70.7 Å². The molecule has 1 aliphatic heterocycles. The zero-order valence-corrected chi connectivity index (χ0v) is 6.70. The number of nitrogens with one attached hydrogen (secondary N) is 1. The minimum Gasteiger partial charge on any atom is -0.504 e. The molecule has 4 nitrogen and oxygen atoms in total. The Morgan fingerprint density at radius 3 is 3.17 bits per heavy atom. The predicted molar refractivity (Wildman–Crippen MR) is 43.9 cm³/mol. The summed E-state index contributed by atoms with van der Waals surface area (Å²) in [6.07, 6.45) is 3.97. The second-order valence-electron chi connectivity index (χ2n) is 2.98. The lowest BCUT2D eigenvalue weighted by molar-refractivity contribution is 0.454. The standard InChI is InChI=1S/C8H11N3O/c12-7-4-10-5-11-8(7)6-1-2-9-3-6/h4-6,9,12H,1-3H2. The van der Waals surface area contributed by atoms with Crippen molar-refractivity contribution in [3.8, 4) is 5.75 Å². The average molecular weight is 165 g/mol. The number of nitrogens with zero attached hydrogens (tertiary/aromatic N) is 2. The van der Waals surface area contributed by atoms with E-state index >= 15 is 0 Å². The molecular weight excluding hydrogens is 154 g/mol. The van der Waals surface area contributed by atoms with Crippen LogP contribution >= 0.6 is 0 Å². The van der Waals surface area contributed by atoms with Crippen LogP contribution in [0.3, 0.4) is 0 Å². The zero-order chi connectivity index (χ0) is 8.39. The summed E-state index contributed by atoms with van der Waals surface area (Å²) in [5, 5.41) is 12.6. The molecule has 1 unspecified atom stereocenters. The molecule has 0 bridgehead atoms. The molecule has 0 aromatic carbocycles. The van der Waals surface area contributed by atoms with E-state index in [4.69, 9.17) is 0 Å². The van der Waals surface area contributed by atoms with E-state index in [2.05, 4.69) is 15.3 Å². The van der Waals surface area contributed by atoms with E-state index < -0.39 is 0 Å². The summed E-state index contributed by atoms with van der Waals surface area (Å²) in [7, 11) is 0. The molecule has 0 radical (unpaired) electrons. The van der Waals surface area contributed by atoms with Gasteiger partial charge in [0.25, 0.3) is 0 Å². The van der Waals surface area contributed by atoms with E-state index in [9.17, 15) is 5.11 Å². The van der Waals surface area contributed by atoms with Gasteiger partial charge in [-0.25, -0.2) is 9.97 Å². The molecule has 64 valence electrons. The lowest BCUT2D eigenvalue weighted by Gasteiger charge is -2.07. The zero-order valence-electron chi connectivity index (χ0n) is 6.70. The molecule has 1 aromatic heterocycles. The van der Waals surface area contributed by atoms with Crippen molar-refractivity contribution in [3.05, 3.63) is 18.2 Å². The molecule has 2 rings (SSSR count). The van der Waals surface area contributed by atoms with E-state index in [-0.39, 0.29) is 5.75 Å². The molecule has 1 saturated heterocycles. The van der Waals surface area contributed by atoms with Crippen molar-refractivity contribution in [1.29, 1.82) is 0 Å². The van der Waals surface area contributed by atoms with Crippen molar-refractivity contribution in [2.45, 2.75) is 12.3 Å². The van der Waals surface area contributed by atoms with Gasteiger partial charge < -0.3 is 10.4 Å². The van der Waals surface area contributed by atoms with Gasteiger partial charge in [-0.05, 0) is 13.0 Å². The van der Waals surface area contributed by atoms with Crippen molar-refractivity contribution in [3.63, 3.8) is 0 Å². The van der Waals surface area contributed by atoms with Gasteiger partial charge in [-0.2, -0.15) is 0 Å². The Kier molecular flexibility index (Phi) is 1.91. The fourth-order valence-corrected chi connectivity index (χ4v) is 1.53. The molecule has 0 amide bonds. The summed E-state index contributed by atoms with van der Waals surface area (Å²) < 4.78 is 0. The summed E-state index contributed by atoms with van der Waals surface area (Å²) in [5.41, 5.74) is 0.773. The smallest absolute Gasteiger partial charge is 0.155 e. The van der Waals surface area contributed by atoms with Crippen LogP contribution in [-0.2, 0) is 0 Å². The van der Waals surface area contributed by atoms with Gasteiger partial charge in [-0.15, -0.1) is 0 Å². The van der Waals surface area contributed by atoms with Gasteiger partial charge in [0.05, 0.1) is 11.9 Å². The van der Waals surface area contributed by atoms with Crippen LogP contribution in [0.25, 0.3) is 0 Å². The summed E-state index contributed by atoms with van der Waals surface area (Å²) in [4.78, 5) is 7.79. The third kappa shape index (κ3) is 1.25. The average Bonchev–Trinajstić information content (AvgIpc) is 2.57. The summed E-state index contributed by atoms with van der Waals surface area (Å²) in [6.45, 7) is 1.92. The van der Waals surface area contributed by atoms with Crippen LogP contribution in [0, 0.1) is 0 Å². The molecule has 1 aromatic rings. The quantitative estimate of drug-likeness (QED) is 0.626. The van der Waals surface area contributed by atoms with E-state index in [0.717, 1.165) is 25.2 Å². The molecule has 0 saturated carbocycles. The second kappa shape index (κ2) is 3.06. The highest BCUT2D eigenvalue weighted by molar-refractivity contribution is 5.26. The highest BCUT2D eigenvalue weighted by Crippen LogP contribution is 2.26. The topological polar surface area (TPSA) is 58.0 Å². The second-order valence-corrected chi connectivity index (χ2v) is 2.98. The summed E-state index contributed by atoms with van der Waals surface area (Å²) in [5.74, 6) is 0.569. The fourth-order valence-electron chi connectivity index (χ4n) is 1.53. The lowest BCUT2D eigenvalue weighted by atomic mass is 10.0. The first-order chi connectivity index (χ1) is 5.88. The van der Waals surface area contributed by atoms with Gasteiger partial charge in [0.2, 0.25) is 0 Å². The Morgan fingerprint density at radius 1 is 1.58 bits per heavy atom.